The van der Waals surface area contributed by atoms with Gasteiger partial charge in [-0.1, -0.05) is 38.5 Å². The van der Waals surface area contributed by atoms with Gasteiger partial charge in [-0.15, -0.1) is 0 Å². The average molecular weight is 758 g/mol. The van der Waals surface area contributed by atoms with E-state index in [1.807, 2.05) is 13.0 Å². The van der Waals surface area contributed by atoms with Gasteiger partial charge in [0.2, 0.25) is 0 Å². The van der Waals surface area contributed by atoms with E-state index in [0.29, 0.717) is 18.3 Å². The van der Waals surface area contributed by atoms with Crippen LogP contribution in [0.5, 0.6) is 0 Å². The van der Waals surface area contributed by atoms with Crippen molar-refractivity contribution in [3.63, 3.8) is 0 Å². The number of methoxy groups -OCH3 is 1. The molecule has 2 saturated heterocycles. The number of ketones is 1. The normalized spacial score (nSPS) is 44.2. The number of cyclic esters (lactones) is 1. The summed E-state index contributed by atoms with van der Waals surface area (Å²) in [5.74, 6) is -3.48. The lowest BCUT2D eigenvalue weighted by atomic mass is 9.79. The molecule has 15 heteroatoms. The molecule has 0 bridgehead atoms. The predicted molar refractivity (Wildman–Crippen MR) is 191 cm³/mol. The highest BCUT2D eigenvalue weighted by Crippen LogP contribution is 2.34. The minimum atomic E-state index is -1.33. The van der Waals surface area contributed by atoms with Gasteiger partial charge in [-0.25, -0.2) is 0 Å². The summed E-state index contributed by atoms with van der Waals surface area (Å²) in [6.45, 7) is 10.2. The Kier molecular flexibility index (Phi) is 17.6. The number of hydrogen-bond acceptors (Lipinski definition) is 15. The Labute approximate surface area is 313 Å². The molecule has 5 N–H and O–H groups in total. The molecule has 0 aromatic heterocycles. The van der Waals surface area contributed by atoms with Crippen LogP contribution in [0.2, 0.25) is 0 Å². The smallest absolute Gasteiger partial charge is 0.308 e. The lowest BCUT2D eigenvalue weighted by molar-refractivity contribution is -0.304. The van der Waals surface area contributed by atoms with Crippen molar-refractivity contribution >= 4 is 18.0 Å². The van der Waals surface area contributed by atoms with Gasteiger partial charge in [-0.2, -0.15) is 0 Å². The van der Waals surface area contributed by atoms with Gasteiger partial charge in [-0.05, 0) is 59.7 Å². The van der Waals surface area contributed by atoms with Crippen LogP contribution in [0, 0.1) is 23.7 Å². The molecule has 0 aromatic carbocycles. The highest BCUT2D eigenvalue weighted by molar-refractivity contribution is 5.91. The monoisotopic (exact) mass is 757 g/mol. The Hall–Kier alpha value is -2.15. The number of hydrogen-bond donors (Lipinski definition) is 5. The fraction of sp³-hybridized carbons (Fsp3) is 0.816. The molecule has 3 aliphatic heterocycles. The third-order valence-corrected chi connectivity index (χ3v) is 10.9. The van der Waals surface area contributed by atoms with E-state index < -0.39 is 116 Å². The highest BCUT2D eigenvalue weighted by Gasteiger charge is 2.48. The number of carbonyl (C=O) groups is 3. The zero-order valence-electron chi connectivity index (χ0n) is 32.5. The molecule has 3 heterocycles. The van der Waals surface area contributed by atoms with Crippen LogP contribution in [0.4, 0.5) is 0 Å². The molecule has 0 aromatic rings. The summed E-state index contributed by atoms with van der Waals surface area (Å²) < 4.78 is 35.6. The van der Waals surface area contributed by atoms with Crippen molar-refractivity contribution in [3.05, 3.63) is 23.8 Å². The molecule has 17 atom stereocenters. The number of ether oxygens (including phenoxy) is 6. The Morgan fingerprint density at radius 3 is 2.15 bits per heavy atom. The van der Waals surface area contributed by atoms with Crippen LogP contribution < -0.4 is 0 Å². The van der Waals surface area contributed by atoms with E-state index in [4.69, 9.17) is 28.4 Å². The number of carbonyl (C=O) groups excluding carboxylic acids is 3. The van der Waals surface area contributed by atoms with Crippen molar-refractivity contribution in [2.24, 2.45) is 23.7 Å². The van der Waals surface area contributed by atoms with E-state index in [1.54, 1.807) is 59.7 Å². The minimum Gasteiger partial charge on any atom is -0.462 e. The third kappa shape index (κ3) is 11.7. The maximum Gasteiger partial charge on any atom is 0.308 e. The van der Waals surface area contributed by atoms with Gasteiger partial charge >= 0.3 is 5.97 Å². The average Bonchev–Trinajstić information content (AvgIpc) is 3.10. The number of aliphatic hydroxyl groups excluding tert-OH is 5. The molecule has 3 rings (SSSR count). The van der Waals surface area contributed by atoms with Gasteiger partial charge in [-0.3, -0.25) is 9.59 Å². The van der Waals surface area contributed by atoms with Crippen molar-refractivity contribution in [2.75, 3.05) is 27.8 Å². The van der Waals surface area contributed by atoms with Crippen molar-refractivity contribution < 1.29 is 68.3 Å². The number of rotatable bonds is 10. The Morgan fingerprint density at radius 1 is 0.906 bits per heavy atom. The van der Waals surface area contributed by atoms with Crippen LogP contribution >= 0.6 is 0 Å². The van der Waals surface area contributed by atoms with Crippen molar-refractivity contribution in [1.82, 2.24) is 4.90 Å². The molecule has 0 saturated carbocycles. The first-order valence-electron chi connectivity index (χ1n) is 18.7. The van der Waals surface area contributed by atoms with Crippen molar-refractivity contribution in [1.29, 1.82) is 0 Å². The van der Waals surface area contributed by atoms with Crippen LogP contribution in [0.3, 0.4) is 0 Å². The number of aliphatic hydroxyl groups is 5. The van der Waals surface area contributed by atoms with E-state index in [9.17, 15) is 39.9 Å². The predicted octanol–water partition coefficient (Wildman–Crippen LogP) is 0.908. The molecular formula is C38H63NO14. The van der Waals surface area contributed by atoms with Crippen LogP contribution in [-0.2, 0) is 42.8 Å². The van der Waals surface area contributed by atoms with Crippen molar-refractivity contribution in [3.8, 4) is 0 Å². The summed E-state index contributed by atoms with van der Waals surface area (Å²) in [7, 11) is 4.78. The summed E-state index contributed by atoms with van der Waals surface area (Å²) in [6.07, 6.45) is -6.88. The highest BCUT2D eigenvalue weighted by atomic mass is 16.7. The number of nitrogens with zero attached hydrogens (tertiary/aromatic N) is 1. The number of aldehydes is 1. The number of likely N-dealkylation sites (N-methyl/N-ethyl adjacent to an activating group) is 1. The standard InChI is InChI=1S/C38H63NO14/c1-10-28-25(18-49-38-36(48-9)34(47)32(45)23(6)51-38)15-19(2)11-12-26(41)20(3)16-24(13-14-40)35(21(4)27(42)17-29(43)52-28)53-37-33(46)30(39(7)8)31(44)22(5)50-37/h11-12,14-15,20-25,27-28,30-38,42,44-47H,10,13,16-18H2,1-9H3/b12-11+,19-15+. The van der Waals surface area contributed by atoms with Crippen LogP contribution in [0.15, 0.2) is 23.8 Å². The fourth-order valence-corrected chi connectivity index (χ4v) is 7.51. The summed E-state index contributed by atoms with van der Waals surface area (Å²) in [6, 6.07) is -0.746. The van der Waals surface area contributed by atoms with Gasteiger partial charge in [0.15, 0.2) is 18.4 Å². The van der Waals surface area contributed by atoms with E-state index in [0.717, 1.165) is 0 Å². The van der Waals surface area contributed by atoms with E-state index in [1.165, 1.54) is 13.2 Å². The fourth-order valence-electron chi connectivity index (χ4n) is 7.51. The Balaban J connectivity index is 1.96. The van der Waals surface area contributed by atoms with Gasteiger partial charge in [0, 0.05) is 31.3 Å². The summed E-state index contributed by atoms with van der Waals surface area (Å²) in [5, 5.41) is 54.4. The molecule has 0 amide bonds. The van der Waals surface area contributed by atoms with Crippen LogP contribution in [0.25, 0.3) is 0 Å². The molecule has 0 aliphatic carbocycles. The van der Waals surface area contributed by atoms with E-state index in [-0.39, 0.29) is 25.2 Å². The second kappa shape index (κ2) is 20.7. The van der Waals surface area contributed by atoms with Crippen molar-refractivity contribution in [2.45, 2.75) is 147 Å². The van der Waals surface area contributed by atoms with Gasteiger partial charge in [0.1, 0.15) is 36.8 Å². The largest absolute Gasteiger partial charge is 0.462 e. The summed E-state index contributed by atoms with van der Waals surface area (Å²) >= 11 is 0. The Bertz CT molecular complexity index is 1250. The molecule has 17 unspecified atom stereocenters. The Morgan fingerprint density at radius 2 is 1.55 bits per heavy atom. The molecule has 304 valence electrons. The first-order valence-corrected chi connectivity index (χ1v) is 18.7. The zero-order valence-corrected chi connectivity index (χ0v) is 32.5. The summed E-state index contributed by atoms with van der Waals surface area (Å²) in [5.41, 5.74) is 0.673. The maximum absolute atomic E-state index is 13.5. The quantitative estimate of drug-likeness (QED) is 0.155. The molecule has 15 nitrogen and oxygen atoms in total. The van der Waals surface area contributed by atoms with Gasteiger partial charge < -0.3 is 63.6 Å². The number of esters is 1. The third-order valence-electron chi connectivity index (χ3n) is 10.9. The van der Waals surface area contributed by atoms with Crippen LogP contribution in [-0.4, -0.2) is 156 Å². The number of allylic oxidation sites excluding steroid dienone is 3. The van der Waals surface area contributed by atoms with Gasteiger partial charge in [0.05, 0.1) is 49.6 Å². The second-order valence-electron chi connectivity index (χ2n) is 15.1. The topological polar surface area (TPSA) is 211 Å². The van der Waals surface area contributed by atoms with E-state index >= 15 is 0 Å². The zero-order chi connectivity index (χ0) is 39.7. The maximum atomic E-state index is 13.5. The molecule has 0 radical (unpaired) electrons. The first kappa shape index (κ1) is 45.2. The lowest BCUT2D eigenvalue weighted by Gasteiger charge is -2.46. The van der Waals surface area contributed by atoms with Crippen LogP contribution in [0.1, 0.15) is 67.2 Å². The first-order chi connectivity index (χ1) is 24.9. The molecular weight excluding hydrogens is 694 g/mol. The minimum absolute atomic E-state index is 0.0342. The SMILES string of the molecule is CCC1OC(=O)CC(O)C(C)C(OC2OC(C)C(O)C(N(C)C)C2O)C(CC=O)CC(C)C(=O)/C=C/C(C)=C/C1COC1OC(C)C(O)C(O)C1OC. The van der Waals surface area contributed by atoms with E-state index in [2.05, 4.69) is 0 Å². The second-order valence-corrected chi connectivity index (χ2v) is 15.1. The molecule has 53 heavy (non-hydrogen) atoms. The molecule has 2 fully saturated rings. The summed E-state index contributed by atoms with van der Waals surface area (Å²) in [4.78, 5) is 40.6. The van der Waals surface area contributed by atoms with Gasteiger partial charge in [0.25, 0.3) is 0 Å². The lowest BCUT2D eigenvalue weighted by Crippen LogP contribution is -2.63. The molecule has 3 aliphatic rings. The molecule has 0 spiro atoms.